The van der Waals surface area contributed by atoms with E-state index in [0.29, 0.717) is 10.8 Å². The Morgan fingerprint density at radius 2 is 0.840 bits per heavy atom. The number of aryl methyl sites for hydroxylation is 4. The first-order valence-corrected chi connectivity index (χ1v) is 25.9. The fourth-order valence-corrected chi connectivity index (χ4v) is 6.79. The second kappa shape index (κ2) is 19.0. The Kier molecular flexibility index (Phi) is 16.1. The van der Waals surface area contributed by atoms with Gasteiger partial charge in [-0.2, -0.15) is 12.1 Å². The first kappa shape index (κ1) is 42.2. The van der Waals surface area contributed by atoms with E-state index in [4.69, 9.17) is 17.0 Å². The second-order valence-corrected chi connectivity index (χ2v) is 20.9. The van der Waals surface area contributed by atoms with Crippen molar-refractivity contribution in [2.45, 2.75) is 95.2 Å². The zero-order chi connectivity index (χ0) is 37.2. The summed E-state index contributed by atoms with van der Waals surface area (Å²) >= 11 is -0.826. The molecule has 0 aliphatic rings. The van der Waals surface area contributed by atoms with Crippen LogP contribution >= 0.6 is 17.0 Å². The molecule has 0 saturated heterocycles. The molecule has 0 bridgehead atoms. The van der Waals surface area contributed by atoms with E-state index in [1.165, 1.54) is 77.2 Å². The van der Waals surface area contributed by atoms with Crippen molar-refractivity contribution in [3.05, 3.63) is 130 Å². The normalized spacial score (nSPS) is 11.2. The van der Waals surface area contributed by atoms with Crippen molar-refractivity contribution in [1.29, 1.82) is 0 Å². The van der Waals surface area contributed by atoms with Gasteiger partial charge in [0.05, 0.1) is 0 Å². The van der Waals surface area contributed by atoms with Crippen molar-refractivity contribution in [2.75, 3.05) is 0 Å². The molecule has 0 atom stereocenters. The van der Waals surface area contributed by atoms with Gasteiger partial charge in [0.15, 0.2) is 0 Å². The minimum absolute atomic E-state index is 0.324. The second-order valence-electron chi connectivity index (χ2n) is 16.1. The summed E-state index contributed by atoms with van der Waals surface area (Å²) in [6.45, 7) is 26.8. The van der Waals surface area contributed by atoms with Crippen LogP contribution < -0.4 is 0 Å². The SMILES string of the molecule is C[Si]C.Cc1cc(C)cc(-c2cccc3[cH-]c(CC(C)(C)C)cc23)c1.Cc1cc(C)cc(-c2cccc3[cH-]c(CC(C)(C)C)cc23)c1.[Cl][Zr+2][Cl]. The van der Waals surface area contributed by atoms with E-state index in [1.807, 2.05) is 0 Å². The molecule has 0 saturated carbocycles. The van der Waals surface area contributed by atoms with Gasteiger partial charge in [-0.1, -0.05) is 137 Å². The Labute approximate surface area is 325 Å². The Balaban J connectivity index is 0.000000234. The quantitative estimate of drug-likeness (QED) is 0.123. The summed E-state index contributed by atoms with van der Waals surface area (Å²) in [5.74, 6) is 0. The molecular weight excluding hydrogens is 743 g/mol. The minimum atomic E-state index is -0.826. The van der Waals surface area contributed by atoms with E-state index < -0.39 is 20.8 Å². The Bertz CT molecular complexity index is 1780. The van der Waals surface area contributed by atoms with Crippen molar-refractivity contribution in [3.8, 4) is 22.3 Å². The summed E-state index contributed by atoms with van der Waals surface area (Å²) < 4.78 is 0. The fraction of sp³-hybridized carbons (Fsp3) is 0.348. The molecule has 0 nitrogen and oxygen atoms in total. The van der Waals surface area contributed by atoms with E-state index >= 15 is 0 Å². The van der Waals surface area contributed by atoms with Gasteiger partial charge in [0.1, 0.15) is 0 Å². The van der Waals surface area contributed by atoms with Gasteiger partial charge in [-0.25, -0.2) is 0 Å². The number of rotatable bonds is 4. The van der Waals surface area contributed by atoms with Gasteiger partial charge in [0.25, 0.3) is 0 Å². The molecule has 0 unspecified atom stereocenters. The Morgan fingerprint density at radius 3 is 1.12 bits per heavy atom. The molecule has 262 valence electrons. The zero-order valence-corrected chi connectivity index (χ0v) is 37.4. The van der Waals surface area contributed by atoms with Crippen molar-refractivity contribution >= 4 is 48.1 Å². The molecule has 0 aromatic heterocycles. The first-order chi connectivity index (χ1) is 23.5. The molecule has 0 amide bonds. The molecule has 2 radical (unpaired) electrons. The zero-order valence-electron chi connectivity index (χ0n) is 32.4. The van der Waals surface area contributed by atoms with Gasteiger partial charge in [0.2, 0.25) is 0 Å². The first-order valence-electron chi connectivity index (χ1n) is 17.6. The molecule has 4 heteroatoms. The van der Waals surface area contributed by atoms with E-state index in [9.17, 15) is 0 Å². The molecule has 0 aliphatic heterocycles. The predicted molar refractivity (Wildman–Crippen MR) is 224 cm³/mol. The molecule has 6 aromatic carbocycles. The number of hydrogen-bond acceptors (Lipinski definition) is 0. The topological polar surface area (TPSA) is 0 Å². The molecule has 0 aliphatic carbocycles. The Morgan fingerprint density at radius 1 is 0.540 bits per heavy atom. The van der Waals surface area contributed by atoms with Crippen LogP contribution in [0.25, 0.3) is 43.8 Å². The van der Waals surface area contributed by atoms with E-state index in [-0.39, 0.29) is 0 Å². The van der Waals surface area contributed by atoms with Crippen molar-refractivity contribution in [2.24, 2.45) is 10.8 Å². The number of halogens is 2. The molecule has 6 rings (SSSR count). The maximum absolute atomic E-state index is 4.93. The average Bonchev–Trinajstić information content (AvgIpc) is 3.58. The van der Waals surface area contributed by atoms with Crippen molar-refractivity contribution in [3.63, 3.8) is 0 Å². The molecule has 6 aromatic rings. The summed E-state index contributed by atoms with van der Waals surface area (Å²) in [5.41, 5.74) is 14.2. The third kappa shape index (κ3) is 13.1. The van der Waals surface area contributed by atoms with Gasteiger partial charge in [0, 0.05) is 9.52 Å². The molecule has 0 heterocycles. The van der Waals surface area contributed by atoms with Crippen LogP contribution in [0.3, 0.4) is 0 Å². The van der Waals surface area contributed by atoms with E-state index in [1.54, 1.807) is 0 Å². The third-order valence-corrected chi connectivity index (χ3v) is 8.16. The van der Waals surface area contributed by atoms with Crippen molar-refractivity contribution in [1.82, 2.24) is 0 Å². The predicted octanol–water partition coefficient (Wildman–Crippen LogP) is 15.0. The molecule has 0 spiro atoms. The standard InChI is InChI=1S/2C22H25.C2H6Si.2ClH.Zr/c2*1-15-9-16(2)11-19(10-15)20-8-6-7-18-12-17(13-21(18)20)14-22(3,4)5;1-3-2;;;/h2*6-13H,14H2,1-5H3;1-2H3;2*1H;/q2*-1;;;;+4/p-2. The Hall–Kier alpha value is -2.22. The number of hydrogen-bond donors (Lipinski definition) is 0. The van der Waals surface area contributed by atoms with Gasteiger partial charge in [-0.15, -0.1) is 69.1 Å². The van der Waals surface area contributed by atoms with Crippen LogP contribution in [0.4, 0.5) is 0 Å². The molecule has 0 fully saturated rings. The summed E-state index contributed by atoms with van der Waals surface area (Å²) in [4.78, 5) is 0. The van der Waals surface area contributed by atoms with Gasteiger partial charge < -0.3 is 0 Å². The van der Waals surface area contributed by atoms with E-state index in [0.717, 1.165) is 22.4 Å². The van der Waals surface area contributed by atoms with Gasteiger partial charge in [-0.3, -0.25) is 0 Å². The molecule has 0 N–H and O–H groups in total. The summed E-state index contributed by atoms with van der Waals surface area (Å²) in [5, 5.41) is 5.48. The fourth-order valence-electron chi connectivity index (χ4n) is 6.79. The van der Waals surface area contributed by atoms with Crippen LogP contribution in [-0.2, 0) is 33.7 Å². The summed E-state index contributed by atoms with van der Waals surface area (Å²) in [6.07, 6.45) is 2.24. The number of benzene rings is 4. The van der Waals surface area contributed by atoms with E-state index in [2.05, 4.69) is 179 Å². The molecule has 50 heavy (non-hydrogen) atoms. The van der Waals surface area contributed by atoms with Gasteiger partial charge >= 0.3 is 37.9 Å². The van der Waals surface area contributed by atoms with Crippen LogP contribution in [0.15, 0.2) is 97.1 Å². The van der Waals surface area contributed by atoms with Gasteiger partial charge in [-0.05, 0) is 62.5 Å². The van der Waals surface area contributed by atoms with Crippen molar-refractivity contribution < 1.29 is 20.8 Å². The summed E-state index contributed by atoms with van der Waals surface area (Å²) in [7, 11) is 11.0. The molecular formula is C46H56Cl2SiZr. The third-order valence-electron chi connectivity index (χ3n) is 8.16. The average molecular weight is 799 g/mol. The summed E-state index contributed by atoms with van der Waals surface area (Å²) in [6, 6.07) is 36.4. The monoisotopic (exact) mass is 796 g/mol. The van der Waals surface area contributed by atoms with Crippen LogP contribution in [0.1, 0.15) is 74.9 Å². The van der Waals surface area contributed by atoms with Crippen LogP contribution in [-0.4, -0.2) is 9.52 Å². The number of fused-ring (bicyclic) bond motifs is 2. The van der Waals surface area contributed by atoms with Crippen LogP contribution in [0.5, 0.6) is 0 Å². The maximum atomic E-state index is 4.93. The van der Waals surface area contributed by atoms with Crippen LogP contribution in [0.2, 0.25) is 13.1 Å². The van der Waals surface area contributed by atoms with Crippen LogP contribution in [0, 0.1) is 38.5 Å².